The Bertz CT molecular complexity index is 941. The molecule has 1 heterocycles. The molecule has 3 aromatic rings. The lowest BCUT2D eigenvalue weighted by atomic mass is 9.87. The van der Waals surface area contributed by atoms with Gasteiger partial charge in [-0.25, -0.2) is 9.78 Å². The zero-order valence-electron chi connectivity index (χ0n) is 17.7. The number of amides is 2. The summed E-state index contributed by atoms with van der Waals surface area (Å²) in [6.45, 7) is 2.28. The summed E-state index contributed by atoms with van der Waals surface area (Å²) in [5.74, 6) is 2.33. The largest absolute Gasteiger partial charge is 0.497 e. The summed E-state index contributed by atoms with van der Waals surface area (Å²) in [6.07, 6.45) is 5.07. The number of methoxy groups -OCH3 is 1. The smallest absolute Gasteiger partial charge is 0.315 e. The van der Waals surface area contributed by atoms with Gasteiger partial charge in [-0.15, -0.1) is 0 Å². The van der Waals surface area contributed by atoms with Crippen molar-refractivity contribution >= 4 is 17.1 Å². The molecule has 0 saturated heterocycles. The lowest BCUT2D eigenvalue weighted by molar-refractivity contribution is 0.224. The van der Waals surface area contributed by atoms with E-state index in [0.29, 0.717) is 6.42 Å². The van der Waals surface area contributed by atoms with E-state index < -0.39 is 0 Å². The van der Waals surface area contributed by atoms with Gasteiger partial charge in [-0.2, -0.15) is 0 Å². The minimum absolute atomic E-state index is 0.131. The van der Waals surface area contributed by atoms with Crippen LogP contribution in [0.25, 0.3) is 11.0 Å². The molecule has 0 bridgehead atoms. The highest BCUT2D eigenvalue weighted by molar-refractivity contribution is 5.76. The van der Waals surface area contributed by atoms with Crippen molar-refractivity contribution in [1.82, 2.24) is 20.6 Å². The van der Waals surface area contributed by atoms with Crippen molar-refractivity contribution in [3.63, 3.8) is 0 Å². The highest BCUT2D eigenvalue weighted by atomic mass is 16.5. The number of rotatable bonds is 6. The number of carbonyl (C=O) groups excluding carboxylic acids is 1. The first-order chi connectivity index (χ1) is 14.6. The van der Waals surface area contributed by atoms with Gasteiger partial charge >= 0.3 is 6.03 Å². The SMILES string of the molecule is COc1ccc(CC(NC(=O)NC2CCC(C)CC2)c2nc3ccccc3[nH]2)cc1. The molecule has 158 valence electrons. The second-order valence-corrected chi connectivity index (χ2v) is 8.32. The van der Waals surface area contributed by atoms with Gasteiger partial charge in [0.15, 0.2) is 0 Å². The number of ether oxygens (including phenoxy) is 1. The summed E-state index contributed by atoms with van der Waals surface area (Å²) < 4.78 is 5.26. The van der Waals surface area contributed by atoms with Crippen LogP contribution in [0.15, 0.2) is 48.5 Å². The fraction of sp³-hybridized carbons (Fsp3) is 0.417. The molecule has 4 rings (SSSR count). The number of H-pyrrole nitrogens is 1. The zero-order valence-corrected chi connectivity index (χ0v) is 17.7. The lowest BCUT2D eigenvalue weighted by Gasteiger charge is -2.28. The van der Waals surface area contributed by atoms with Crippen LogP contribution in [0.2, 0.25) is 0 Å². The monoisotopic (exact) mass is 406 g/mol. The van der Waals surface area contributed by atoms with E-state index in [4.69, 9.17) is 9.72 Å². The summed E-state index contributed by atoms with van der Waals surface area (Å²) in [7, 11) is 1.66. The number of fused-ring (bicyclic) bond motifs is 1. The van der Waals surface area contributed by atoms with E-state index in [1.54, 1.807) is 7.11 Å². The van der Waals surface area contributed by atoms with Crippen molar-refractivity contribution in [3.05, 3.63) is 59.9 Å². The summed E-state index contributed by atoms with van der Waals surface area (Å²) >= 11 is 0. The van der Waals surface area contributed by atoms with Crippen LogP contribution in [0, 0.1) is 5.92 Å². The Labute approximate surface area is 177 Å². The molecule has 2 amide bonds. The normalized spacial score (nSPS) is 19.9. The van der Waals surface area contributed by atoms with E-state index in [-0.39, 0.29) is 18.1 Å². The molecule has 6 nitrogen and oxygen atoms in total. The number of hydrogen-bond acceptors (Lipinski definition) is 3. The number of aromatic nitrogens is 2. The van der Waals surface area contributed by atoms with E-state index in [1.807, 2.05) is 48.5 Å². The quantitative estimate of drug-likeness (QED) is 0.553. The number of benzene rings is 2. The second kappa shape index (κ2) is 9.20. The van der Waals surface area contributed by atoms with Crippen molar-refractivity contribution in [2.24, 2.45) is 5.92 Å². The average molecular weight is 407 g/mol. The predicted octanol–water partition coefficient (Wildman–Crippen LogP) is 4.73. The summed E-state index contributed by atoms with van der Waals surface area (Å²) in [4.78, 5) is 20.9. The highest BCUT2D eigenvalue weighted by Crippen LogP contribution is 2.24. The molecule has 0 aliphatic heterocycles. The molecule has 1 aliphatic carbocycles. The van der Waals surface area contributed by atoms with Gasteiger partial charge < -0.3 is 20.4 Å². The number of urea groups is 1. The van der Waals surface area contributed by atoms with Gasteiger partial charge in [-0.3, -0.25) is 0 Å². The molecule has 1 atom stereocenters. The third-order valence-corrected chi connectivity index (χ3v) is 5.99. The van der Waals surface area contributed by atoms with Gasteiger partial charge in [-0.1, -0.05) is 31.2 Å². The summed E-state index contributed by atoms with van der Waals surface area (Å²) in [6, 6.07) is 15.7. The molecule has 1 saturated carbocycles. The fourth-order valence-corrected chi connectivity index (χ4v) is 4.14. The zero-order chi connectivity index (χ0) is 20.9. The Kier molecular flexibility index (Phi) is 6.21. The summed E-state index contributed by atoms with van der Waals surface area (Å²) in [5, 5.41) is 6.32. The van der Waals surface area contributed by atoms with Gasteiger partial charge in [0.25, 0.3) is 0 Å². The van der Waals surface area contributed by atoms with Crippen molar-refractivity contribution < 1.29 is 9.53 Å². The van der Waals surface area contributed by atoms with Crippen molar-refractivity contribution in [2.75, 3.05) is 7.11 Å². The molecular weight excluding hydrogens is 376 g/mol. The summed E-state index contributed by atoms with van der Waals surface area (Å²) in [5.41, 5.74) is 2.97. The molecule has 30 heavy (non-hydrogen) atoms. The van der Waals surface area contributed by atoms with Gasteiger partial charge in [0.1, 0.15) is 11.6 Å². The maximum atomic E-state index is 12.8. The van der Waals surface area contributed by atoms with E-state index in [2.05, 4.69) is 22.5 Å². The first kappa shape index (κ1) is 20.3. The van der Waals surface area contributed by atoms with Crippen molar-refractivity contribution in [1.29, 1.82) is 0 Å². The van der Waals surface area contributed by atoms with Crippen LogP contribution >= 0.6 is 0 Å². The second-order valence-electron chi connectivity index (χ2n) is 8.32. The first-order valence-corrected chi connectivity index (χ1v) is 10.8. The van der Waals surface area contributed by atoms with Crippen LogP contribution in [-0.4, -0.2) is 29.2 Å². The van der Waals surface area contributed by atoms with Crippen LogP contribution in [0.3, 0.4) is 0 Å². The standard InChI is InChI=1S/C24H30N4O2/c1-16-7-11-18(12-8-16)25-24(29)28-22(15-17-9-13-19(30-2)14-10-17)23-26-20-5-3-4-6-21(20)27-23/h3-6,9-10,13-14,16,18,22H,7-8,11-12,15H2,1-2H3,(H,26,27)(H2,25,28,29). The number of nitrogens with zero attached hydrogens (tertiary/aromatic N) is 1. The van der Waals surface area contributed by atoms with Crippen LogP contribution in [0.4, 0.5) is 4.79 Å². The molecule has 6 heteroatoms. The van der Waals surface area contributed by atoms with Gasteiger partial charge in [-0.05, 0) is 67.9 Å². The Morgan fingerprint density at radius 2 is 1.87 bits per heavy atom. The van der Waals surface area contributed by atoms with Crippen molar-refractivity contribution in [2.45, 2.75) is 51.1 Å². The Balaban J connectivity index is 1.50. The molecule has 1 unspecified atom stereocenters. The molecule has 3 N–H and O–H groups in total. The van der Waals surface area contributed by atoms with Crippen molar-refractivity contribution in [3.8, 4) is 5.75 Å². The Hall–Kier alpha value is -3.02. The lowest BCUT2D eigenvalue weighted by Crippen LogP contribution is -2.45. The maximum absolute atomic E-state index is 12.8. The third-order valence-electron chi connectivity index (χ3n) is 5.99. The molecular formula is C24H30N4O2. The number of imidazole rings is 1. The van der Waals surface area contributed by atoms with Crippen LogP contribution < -0.4 is 15.4 Å². The number of carbonyl (C=O) groups is 1. The molecule has 1 aliphatic rings. The van der Waals surface area contributed by atoms with Crippen LogP contribution in [-0.2, 0) is 6.42 Å². The van der Waals surface area contributed by atoms with E-state index in [1.165, 1.54) is 12.8 Å². The Morgan fingerprint density at radius 3 is 2.57 bits per heavy atom. The van der Waals surface area contributed by atoms with Gasteiger partial charge in [0, 0.05) is 6.04 Å². The third kappa shape index (κ3) is 4.93. The van der Waals surface area contributed by atoms with Gasteiger partial charge in [0.2, 0.25) is 0 Å². The van der Waals surface area contributed by atoms with Crippen LogP contribution in [0.5, 0.6) is 5.75 Å². The number of nitrogens with one attached hydrogen (secondary N) is 3. The van der Waals surface area contributed by atoms with Crippen LogP contribution in [0.1, 0.15) is 50.0 Å². The molecule has 0 radical (unpaired) electrons. The van der Waals surface area contributed by atoms with E-state index >= 15 is 0 Å². The minimum atomic E-state index is -0.256. The predicted molar refractivity (Wildman–Crippen MR) is 119 cm³/mol. The molecule has 1 aromatic heterocycles. The number of para-hydroxylation sites is 2. The average Bonchev–Trinajstić information content (AvgIpc) is 3.20. The first-order valence-electron chi connectivity index (χ1n) is 10.8. The van der Waals surface area contributed by atoms with E-state index in [9.17, 15) is 4.79 Å². The van der Waals surface area contributed by atoms with E-state index in [0.717, 1.165) is 46.9 Å². The van der Waals surface area contributed by atoms with Gasteiger partial charge in [0.05, 0.1) is 24.2 Å². The number of hydrogen-bond donors (Lipinski definition) is 3. The number of aromatic amines is 1. The highest BCUT2D eigenvalue weighted by Gasteiger charge is 2.23. The molecule has 0 spiro atoms. The molecule has 1 fully saturated rings. The Morgan fingerprint density at radius 1 is 1.13 bits per heavy atom. The minimum Gasteiger partial charge on any atom is -0.497 e. The topological polar surface area (TPSA) is 79.0 Å². The molecule has 2 aromatic carbocycles. The fourth-order valence-electron chi connectivity index (χ4n) is 4.14. The maximum Gasteiger partial charge on any atom is 0.315 e.